The summed E-state index contributed by atoms with van der Waals surface area (Å²) in [7, 11) is 1.60. The van der Waals surface area contributed by atoms with Gasteiger partial charge in [0.1, 0.15) is 6.61 Å². The van der Waals surface area contributed by atoms with Gasteiger partial charge in [0.25, 0.3) is 5.91 Å². The van der Waals surface area contributed by atoms with Gasteiger partial charge in [0, 0.05) is 18.4 Å². The summed E-state index contributed by atoms with van der Waals surface area (Å²) in [5, 5.41) is 7.37. The van der Waals surface area contributed by atoms with Crippen molar-refractivity contribution in [2.45, 2.75) is 6.92 Å². The largest absolute Gasteiger partial charge is 0.461 e. The van der Waals surface area contributed by atoms with Crippen LogP contribution in [0.25, 0.3) is 17.3 Å². The first-order valence-electron chi connectivity index (χ1n) is 9.75. The van der Waals surface area contributed by atoms with Crippen LogP contribution < -0.4 is 10.1 Å². The number of carbonyl (C=O) groups is 1. The summed E-state index contributed by atoms with van der Waals surface area (Å²) >= 11 is 0. The number of rotatable bonds is 8. The van der Waals surface area contributed by atoms with Gasteiger partial charge in [-0.1, -0.05) is 23.8 Å². The predicted molar refractivity (Wildman–Crippen MR) is 116 cm³/mol. The SMILES string of the molecule is COCCOc1nc(-c2ccco2)n(-c2cccc(NC(=O)c3ccc(C)cc3)c2)n1. The summed E-state index contributed by atoms with van der Waals surface area (Å²) in [5.74, 6) is 0.841. The van der Waals surface area contributed by atoms with E-state index < -0.39 is 0 Å². The zero-order valence-electron chi connectivity index (χ0n) is 17.2. The molecule has 2 aromatic carbocycles. The topological polar surface area (TPSA) is 91.4 Å². The molecule has 0 radical (unpaired) electrons. The Morgan fingerprint density at radius 2 is 1.94 bits per heavy atom. The summed E-state index contributed by atoms with van der Waals surface area (Å²) in [6.07, 6.45) is 1.57. The zero-order valence-corrected chi connectivity index (χ0v) is 17.2. The van der Waals surface area contributed by atoms with Gasteiger partial charge >= 0.3 is 6.01 Å². The molecule has 0 aliphatic rings. The van der Waals surface area contributed by atoms with Gasteiger partial charge in [0.15, 0.2) is 5.76 Å². The van der Waals surface area contributed by atoms with Gasteiger partial charge in [-0.2, -0.15) is 4.98 Å². The van der Waals surface area contributed by atoms with Gasteiger partial charge in [-0.3, -0.25) is 4.79 Å². The third kappa shape index (κ3) is 4.81. The minimum Gasteiger partial charge on any atom is -0.461 e. The molecule has 0 saturated heterocycles. The Hall–Kier alpha value is -3.91. The number of nitrogens with zero attached hydrogens (tertiary/aromatic N) is 3. The Morgan fingerprint density at radius 1 is 1.10 bits per heavy atom. The first-order valence-corrected chi connectivity index (χ1v) is 9.75. The minimum absolute atomic E-state index is 0.189. The molecule has 2 aromatic heterocycles. The van der Waals surface area contributed by atoms with Crippen LogP contribution in [-0.2, 0) is 4.74 Å². The van der Waals surface area contributed by atoms with E-state index in [0.717, 1.165) is 5.56 Å². The Kier molecular flexibility index (Phi) is 6.09. The van der Waals surface area contributed by atoms with Crippen molar-refractivity contribution >= 4 is 11.6 Å². The molecule has 4 rings (SSSR count). The first-order chi connectivity index (χ1) is 15.1. The van der Waals surface area contributed by atoms with E-state index in [9.17, 15) is 4.79 Å². The molecule has 1 amide bonds. The molecule has 0 saturated carbocycles. The predicted octanol–water partition coefficient (Wildman–Crippen LogP) is 4.11. The monoisotopic (exact) mass is 418 g/mol. The first kappa shape index (κ1) is 20.4. The number of methoxy groups -OCH3 is 1. The zero-order chi connectivity index (χ0) is 21.6. The number of anilines is 1. The number of aromatic nitrogens is 3. The maximum absolute atomic E-state index is 12.6. The number of benzene rings is 2. The molecule has 0 atom stereocenters. The fourth-order valence-electron chi connectivity index (χ4n) is 2.94. The number of hydrogen-bond acceptors (Lipinski definition) is 6. The van der Waals surface area contributed by atoms with Gasteiger partial charge < -0.3 is 19.2 Å². The van der Waals surface area contributed by atoms with Gasteiger partial charge in [-0.15, -0.1) is 5.10 Å². The summed E-state index contributed by atoms with van der Waals surface area (Å²) < 4.78 is 17.7. The van der Waals surface area contributed by atoms with Crippen molar-refractivity contribution in [2.24, 2.45) is 0 Å². The Morgan fingerprint density at radius 3 is 2.68 bits per heavy atom. The fraction of sp³-hybridized carbons (Fsp3) is 0.174. The standard InChI is InChI=1S/C23H22N4O4/c1-16-8-10-17(11-9-16)22(28)24-18-5-3-6-19(15-18)27-21(20-7-4-12-30-20)25-23(26-27)31-14-13-29-2/h3-12,15H,13-14H2,1-2H3,(H,24,28). The van der Waals surface area contributed by atoms with E-state index in [1.165, 1.54) is 0 Å². The molecule has 0 aliphatic carbocycles. The molecule has 0 unspecified atom stereocenters. The highest BCUT2D eigenvalue weighted by atomic mass is 16.5. The lowest BCUT2D eigenvalue weighted by Crippen LogP contribution is -2.12. The molecule has 0 spiro atoms. The van der Waals surface area contributed by atoms with Crippen molar-refractivity contribution in [3.8, 4) is 23.3 Å². The number of aryl methyl sites for hydroxylation is 1. The highest BCUT2D eigenvalue weighted by molar-refractivity contribution is 6.04. The minimum atomic E-state index is -0.189. The van der Waals surface area contributed by atoms with E-state index >= 15 is 0 Å². The fourth-order valence-corrected chi connectivity index (χ4v) is 2.94. The number of nitrogens with one attached hydrogen (secondary N) is 1. The molecule has 158 valence electrons. The molecule has 2 heterocycles. The quantitative estimate of drug-likeness (QED) is 0.433. The third-order valence-electron chi connectivity index (χ3n) is 4.51. The second-order valence-corrected chi connectivity index (χ2v) is 6.82. The molecule has 8 nitrogen and oxygen atoms in total. The molecular weight excluding hydrogens is 396 g/mol. The molecule has 4 aromatic rings. The second kappa shape index (κ2) is 9.27. The molecule has 0 aliphatic heterocycles. The molecule has 1 N–H and O–H groups in total. The van der Waals surface area contributed by atoms with Crippen LogP contribution in [0.15, 0.2) is 71.3 Å². The van der Waals surface area contributed by atoms with E-state index in [1.807, 2.05) is 43.3 Å². The lowest BCUT2D eigenvalue weighted by molar-refractivity contribution is 0.102. The van der Waals surface area contributed by atoms with Crippen LogP contribution in [0.3, 0.4) is 0 Å². The Labute approximate surface area is 179 Å². The van der Waals surface area contributed by atoms with Crippen LogP contribution in [0.2, 0.25) is 0 Å². The van der Waals surface area contributed by atoms with Gasteiger partial charge in [-0.25, -0.2) is 4.68 Å². The summed E-state index contributed by atoms with van der Waals surface area (Å²) in [6.45, 7) is 2.73. The van der Waals surface area contributed by atoms with Gasteiger partial charge in [0.2, 0.25) is 5.82 Å². The summed E-state index contributed by atoms with van der Waals surface area (Å²) in [6, 6.07) is 18.5. The van der Waals surface area contributed by atoms with E-state index in [-0.39, 0.29) is 11.9 Å². The highest BCUT2D eigenvalue weighted by Gasteiger charge is 2.17. The normalized spacial score (nSPS) is 10.8. The van der Waals surface area contributed by atoms with E-state index in [1.54, 1.807) is 42.3 Å². The smallest absolute Gasteiger partial charge is 0.336 e. The number of furan rings is 1. The van der Waals surface area contributed by atoms with Crippen molar-refractivity contribution in [3.05, 3.63) is 78.1 Å². The van der Waals surface area contributed by atoms with Crippen LogP contribution in [0.5, 0.6) is 6.01 Å². The van der Waals surface area contributed by atoms with E-state index in [4.69, 9.17) is 13.9 Å². The van der Waals surface area contributed by atoms with Gasteiger partial charge in [0.05, 0.1) is 18.6 Å². The van der Waals surface area contributed by atoms with Crippen LogP contribution in [0, 0.1) is 6.92 Å². The van der Waals surface area contributed by atoms with Crippen molar-refractivity contribution in [1.29, 1.82) is 0 Å². The Balaban J connectivity index is 1.61. The maximum Gasteiger partial charge on any atom is 0.336 e. The molecule has 8 heteroatoms. The number of hydrogen-bond donors (Lipinski definition) is 1. The third-order valence-corrected chi connectivity index (χ3v) is 4.51. The van der Waals surface area contributed by atoms with Crippen molar-refractivity contribution < 1.29 is 18.7 Å². The Bertz CT molecular complexity index is 1150. The average molecular weight is 418 g/mol. The molecule has 0 fully saturated rings. The number of ether oxygens (including phenoxy) is 2. The number of amides is 1. The maximum atomic E-state index is 12.6. The van der Waals surface area contributed by atoms with Crippen LogP contribution >= 0.6 is 0 Å². The molecule has 0 bridgehead atoms. The summed E-state index contributed by atoms with van der Waals surface area (Å²) in [4.78, 5) is 17.0. The van der Waals surface area contributed by atoms with Crippen molar-refractivity contribution in [3.63, 3.8) is 0 Å². The molecular formula is C23H22N4O4. The van der Waals surface area contributed by atoms with Gasteiger partial charge in [-0.05, 0) is 49.4 Å². The van der Waals surface area contributed by atoms with Crippen LogP contribution in [-0.4, -0.2) is 41.0 Å². The second-order valence-electron chi connectivity index (χ2n) is 6.82. The lowest BCUT2D eigenvalue weighted by Gasteiger charge is -2.09. The van der Waals surface area contributed by atoms with Crippen LogP contribution in [0.4, 0.5) is 5.69 Å². The molecule has 31 heavy (non-hydrogen) atoms. The average Bonchev–Trinajstić information content (AvgIpc) is 3.44. The summed E-state index contributed by atoms with van der Waals surface area (Å²) in [5.41, 5.74) is 3.01. The van der Waals surface area contributed by atoms with Crippen molar-refractivity contribution in [1.82, 2.24) is 14.8 Å². The highest BCUT2D eigenvalue weighted by Crippen LogP contribution is 2.25. The van der Waals surface area contributed by atoms with Crippen LogP contribution in [0.1, 0.15) is 15.9 Å². The van der Waals surface area contributed by atoms with Crippen molar-refractivity contribution in [2.75, 3.05) is 25.6 Å². The van der Waals surface area contributed by atoms with E-state index in [0.29, 0.717) is 41.7 Å². The number of carbonyl (C=O) groups excluding carboxylic acids is 1. The van der Waals surface area contributed by atoms with E-state index in [2.05, 4.69) is 15.4 Å². The lowest BCUT2D eigenvalue weighted by atomic mass is 10.1.